The monoisotopic (exact) mass is 363 g/mol. The van der Waals surface area contributed by atoms with E-state index >= 15 is 0 Å². The van der Waals surface area contributed by atoms with Crippen molar-refractivity contribution in [3.05, 3.63) is 38.7 Å². The van der Waals surface area contributed by atoms with Gasteiger partial charge < -0.3 is 5.11 Å². The van der Waals surface area contributed by atoms with Crippen LogP contribution in [-0.4, -0.2) is 20.1 Å². The Bertz CT molecular complexity index is 529. The Kier molecular flexibility index (Phi) is 4.01. The zero-order chi connectivity index (χ0) is 12.4. The highest BCUT2D eigenvalue weighted by Gasteiger charge is 2.11. The second-order valence-corrected chi connectivity index (χ2v) is 5.21. The molecule has 0 radical (unpaired) electrons. The molecule has 1 N–H and O–H groups in total. The molecular formula is C11H11ClIN3O. The molecule has 0 fully saturated rings. The summed E-state index contributed by atoms with van der Waals surface area (Å²) in [6.07, 6.45) is 1.80. The van der Waals surface area contributed by atoms with Crippen molar-refractivity contribution < 1.29 is 5.11 Å². The van der Waals surface area contributed by atoms with Gasteiger partial charge in [-0.2, -0.15) is 0 Å². The first-order valence-corrected chi connectivity index (χ1v) is 6.63. The Morgan fingerprint density at radius 2 is 2.29 bits per heavy atom. The second-order valence-electron chi connectivity index (χ2n) is 3.61. The van der Waals surface area contributed by atoms with Crippen molar-refractivity contribution >= 4 is 34.2 Å². The normalized spacial score (nSPS) is 12.7. The van der Waals surface area contributed by atoms with E-state index in [2.05, 4.69) is 32.9 Å². The van der Waals surface area contributed by atoms with Crippen molar-refractivity contribution in [2.45, 2.75) is 19.4 Å². The van der Waals surface area contributed by atoms with Crippen LogP contribution in [0.2, 0.25) is 5.02 Å². The van der Waals surface area contributed by atoms with Crippen molar-refractivity contribution in [1.29, 1.82) is 0 Å². The van der Waals surface area contributed by atoms with E-state index in [1.165, 1.54) is 0 Å². The number of hydrogen-bond acceptors (Lipinski definition) is 3. The smallest absolute Gasteiger partial charge is 0.112 e. The minimum Gasteiger partial charge on any atom is -0.387 e. The van der Waals surface area contributed by atoms with Gasteiger partial charge in [-0.25, -0.2) is 4.68 Å². The molecule has 1 aromatic heterocycles. The van der Waals surface area contributed by atoms with Crippen LogP contribution in [0.1, 0.15) is 25.1 Å². The Morgan fingerprint density at radius 1 is 1.53 bits per heavy atom. The summed E-state index contributed by atoms with van der Waals surface area (Å²) < 4.78 is 2.63. The fourth-order valence-corrected chi connectivity index (χ4v) is 2.54. The molecule has 6 heteroatoms. The van der Waals surface area contributed by atoms with Gasteiger partial charge in [0.15, 0.2) is 0 Å². The number of nitrogens with zero attached hydrogens (tertiary/aromatic N) is 3. The van der Waals surface area contributed by atoms with Gasteiger partial charge in [0.2, 0.25) is 0 Å². The van der Waals surface area contributed by atoms with Gasteiger partial charge >= 0.3 is 0 Å². The summed E-state index contributed by atoms with van der Waals surface area (Å²) in [4.78, 5) is 0. The summed E-state index contributed by atoms with van der Waals surface area (Å²) in [7, 11) is 0. The maximum absolute atomic E-state index is 9.66. The molecule has 1 heterocycles. The molecule has 17 heavy (non-hydrogen) atoms. The Labute approximate surface area is 118 Å². The largest absolute Gasteiger partial charge is 0.387 e. The first kappa shape index (κ1) is 12.8. The van der Waals surface area contributed by atoms with Crippen LogP contribution in [0.15, 0.2) is 24.4 Å². The third kappa shape index (κ3) is 2.78. The lowest BCUT2D eigenvalue weighted by Gasteiger charge is -2.04. The van der Waals surface area contributed by atoms with Crippen LogP contribution in [-0.2, 0) is 0 Å². The van der Waals surface area contributed by atoms with Crippen LogP contribution >= 0.6 is 34.2 Å². The SMILES string of the molecule is CCC(O)c1cn(-c2ccc(Cl)cc2I)nn1. The van der Waals surface area contributed by atoms with Crippen LogP contribution in [0.25, 0.3) is 5.69 Å². The quantitative estimate of drug-likeness (QED) is 0.853. The average Bonchev–Trinajstić information content (AvgIpc) is 2.77. The van der Waals surface area contributed by atoms with E-state index < -0.39 is 6.10 Å². The van der Waals surface area contributed by atoms with Crippen molar-refractivity contribution in [1.82, 2.24) is 15.0 Å². The lowest BCUT2D eigenvalue weighted by Crippen LogP contribution is -1.97. The van der Waals surface area contributed by atoms with Gasteiger partial charge in [0.1, 0.15) is 5.69 Å². The summed E-state index contributed by atoms with van der Waals surface area (Å²) in [6, 6.07) is 5.53. The molecule has 2 rings (SSSR count). The molecule has 0 saturated heterocycles. The van der Waals surface area contributed by atoms with Crippen molar-refractivity contribution in [3.63, 3.8) is 0 Å². The van der Waals surface area contributed by atoms with Crippen molar-refractivity contribution in [3.8, 4) is 5.69 Å². The van der Waals surface area contributed by atoms with Gasteiger partial charge in [-0.15, -0.1) is 5.10 Å². The summed E-state index contributed by atoms with van der Waals surface area (Å²) in [5.74, 6) is 0. The first-order chi connectivity index (χ1) is 8.11. The number of benzene rings is 1. The van der Waals surface area contributed by atoms with E-state index in [1.54, 1.807) is 16.9 Å². The van der Waals surface area contributed by atoms with Gasteiger partial charge in [-0.05, 0) is 47.2 Å². The topological polar surface area (TPSA) is 50.9 Å². The van der Waals surface area contributed by atoms with E-state index in [4.69, 9.17) is 11.6 Å². The number of halogens is 2. The summed E-state index contributed by atoms with van der Waals surface area (Å²) in [6.45, 7) is 1.90. The van der Waals surface area contributed by atoms with Gasteiger partial charge in [0.05, 0.1) is 18.0 Å². The van der Waals surface area contributed by atoms with Gasteiger partial charge in [-0.1, -0.05) is 23.7 Å². The number of aromatic nitrogens is 3. The zero-order valence-electron chi connectivity index (χ0n) is 9.14. The van der Waals surface area contributed by atoms with Crippen LogP contribution in [0.3, 0.4) is 0 Å². The summed E-state index contributed by atoms with van der Waals surface area (Å²) in [5.41, 5.74) is 1.48. The van der Waals surface area contributed by atoms with Crippen LogP contribution in [0, 0.1) is 3.57 Å². The van der Waals surface area contributed by atoms with Crippen LogP contribution in [0.5, 0.6) is 0 Å². The van der Waals surface area contributed by atoms with Crippen molar-refractivity contribution in [2.75, 3.05) is 0 Å². The predicted octanol–water partition coefficient (Wildman–Crippen LogP) is 2.97. The number of hydrogen-bond donors (Lipinski definition) is 1. The highest BCUT2D eigenvalue weighted by molar-refractivity contribution is 14.1. The molecule has 0 aliphatic carbocycles. The number of rotatable bonds is 3. The molecule has 90 valence electrons. The summed E-state index contributed by atoms with van der Waals surface area (Å²) in [5, 5.41) is 18.3. The average molecular weight is 364 g/mol. The molecule has 2 aromatic rings. The molecule has 0 bridgehead atoms. The lowest BCUT2D eigenvalue weighted by atomic mass is 10.2. The number of aliphatic hydroxyl groups is 1. The van der Waals surface area contributed by atoms with Crippen molar-refractivity contribution in [2.24, 2.45) is 0 Å². The minimum atomic E-state index is -0.561. The minimum absolute atomic E-state index is 0.561. The predicted molar refractivity (Wildman–Crippen MR) is 74.3 cm³/mol. The molecule has 0 spiro atoms. The van der Waals surface area contributed by atoms with Crippen LogP contribution < -0.4 is 0 Å². The molecule has 0 aliphatic rings. The molecule has 0 amide bonds. The maximum Gasteiger partial charge on any atom is 0.112 e. The Hall–Kier alpha value is -0.660. The zero-order valence-corrected chi connectivity index (χ0v) is 12.1. The van der Waals surface area contributed by atoms with E-state index in [1.807, 2.05) is 19.1 Å². The Morgan fingerprint density at radius 3 is 2.94 bits per heavy atom. The van der Waals surface area contributed by atoms with E-state index in [0.717, 1.165) is 9.26 Å². The van der Waals surface area contributed by atoms with Crippen LogP contribution in [0.4, 0.5) is 0 Å². The van der Waals surface area contributed by atoms with Gasteiger partial charge in [0, 0.05) is 8.59 Å². The molecule has 4 nitrogen and oxygen atoms in total. The third-order valence-corrected chi connectivity index (χ3v) is 3.49. The van der Waals surface area contributed by atoms with E-state index in [9.17, 15) is 5.11 Å². The molecule has 0 aliphatic heterocycles. The van der Waals surface area contributed by atoms with Gasteiger partial charge in [-0.3, -0.25) is 0 Å². The standard InChI is InChI=1S/C11H11ClIN3O/c1-2-11(17)9-6-16(15-14-9)10-4-3-7(12)5-8(10)13/h3-6,11,17H,2H2,1H3. The third-order valence-electron chi connectivity index (χ3n) is 2.40. The molecule has 1 atom stereocenters. The van der Waals surface area contributed by atoms with E-state index in [0.29, 0.717) is 17.1 Å². The van der Waals surface area contributed by atoms with Gasteiger partial charge in [0.25, 0.3) is 0 Å². The molecule has 1 unspecified atom stereocenters. The lowest BCUT2D eigenvalue weighted by molar-refractivity contribution is 0.169. The Balaban J connectivity index is 2.37. The highest BCUT2D eigenvalue weighted by atomic mass is 127. The van der Waals surface area contributed by atoms with E-state index in [-0.39, 0.29) is 0 Å². The number of aliphatic hydroxyl groups excluding tert-OH is 1. The maximum atomic E-state index is 9.66. The second kappa shape index (κ2) is 5.32. The fourth-order valence-electron chi connectivity index (χ4n) is 1.42. The summed E-state index contributed by atoms with van der Waals surface area (Å²) >= 11 is 8.08. The molecule has 1 aromatic carbocycles. The molecular weight excluding hydrogens is 352 g/mol. The first-order valence-electron chi connectivity index (χ1n) is 5.17. The highest BCUT2D eigenvalue weighted by Crippen LogP contribution is 2.22. The molecule has 0 saturated carbocycles. The fraction of sp³-hybridized carbons (Fsp3) is 0.273.